The number of piperidine rings is 1. The number of ether oxygens (including phenoxy) is 1. The second-order valence-corrected chi connectivity index (χ2v) is 7.88. The second kappa shape index (κ2) is 7.39. The molecule has 0 N–H and O–H groups in total. The highest BCUT2D eigenvalue weighted by molar-refractivity contribution is 5.80. The Balaban J connectivity index is 1.59. The van der Waals surface area contributed by atoms with E-state index in [4.69, 9.17) is 4.74 Å². The van der Waals surface area contributed by atoms with Gasteiger partial charge >= 0.3 is 0 Å². The average Bonchev–Trinajstić information content (AvgIpc) is 3.07. The molecule has 4 rings (SSSR count). The third-order valence-corrected chi connectivity index (χ3v) is 6.46. The van der Waals surface area contributed by atoms with Crippen molar-refractivity contribution in [3.8, 4) is 0 Å². The Morgan fingerprint density at radius 3 is 2.46 bits per heavy atom. The fourth-order valence-electron chi connectivity index (χ4n) is 5.01. The minimum Gasteiger partial charge on any atom is -0.381 e. The predicted octanol–water partition coefficient (Wildman–Crippen LogP) is 2.28. The van der Waals surface area contributed by atoms with Gasteiger partial charge in [-0.25, -0.2) is 0 Å². The van der Waals surface area contributed by atoms with E-state index >= 15 is 0 Å². The van der Waals surface area contributed by atoms with Crippen molar-refractivity contribution in [3.63, 3.8) is 0 Å². The Morgan fingerprint density at radius 1 is 1.04 bits per heavy atom. The molecule has 0 spiro atoms. The zero-order valence-electron chi connectivity index (χ0n) is 15.5. The summed E-state index contributed by atoms with van der Waals surface area (Å²) in [7, 11) is 0. The predicted molar refractivity (Wildman–Crippen MR) is 98.6 cm³/mol. The quantitative estimate of drug-likeness (QED) is 0.817. The van der Waals surface area contributed by atoms with Gasteiger partial charge in [0.2, 0.25) is 11.8 Å². The Bertz CT molecular complexity index is 656. The van der Waals surface area contributed by atoms with Gasteiger partial charge in [-0.1, -0.05) is 30.3 Å². The highest BCUT2D eigenvalue weighted by Crippen LogP contribution is 2.42. The smallest absolute Gasteiger partial charge is 0.226 e. The molecule has 3 aliphatic heterocycles. The average molecular weight is 356 g/mol. The van der Waals surface area contributed by atoms with E-state index in [1.165, 1.54) is 5.56 Å². The lowest BCUT2D eigenvalue weighted by Gasteiger charge is -2.39. The monoisotopic (exact) mass is 356 g/mol. The van der Waals surface area contributed by atoms with Crippen LogP contribution in [0.25, 0.3) is 0 Å². The molecule has 1 aromatic carbocycles. The molecular weight excluding hydrogens is 328 g/mol. The summed E-state index contributed by atoms with van der Waals surface area (Å²) in [5.74, 6) is 1.19. The van der Waals surface area contributed by atoms with Crippen molar-refractivity contribution in [1.29, 1.82) is 0 Å². The van der Waals surface area contributed by atoms with Gasteiger partial charge in [-0.15, -0.1) is 0 Å². The molecule has 140 valence electrons. The molecular formula is C21H28N2O3. The summed E-state index contributed by atoms with van der Waals surface area (Å²) >= 11 is 0. The topological polar surface area (TPSA) is 49.9 Å². The molecule has 0 aromatic heterocycles. The summed E-state index contributed by atoms with van der Waals surface area (Å²) in [5.41, 5.74) is 1.29. The van der Waals surface area contributed by atoms with Gasteiger partial charge in [0.25, 0.3) is 0 Å². The zero-order valence-corrected chi connectivity index (χ0v) is 15.5. The van der Waals surface area contributed by atoms with Crippen LogP contribution in [0.1, 0.15) is 37.7 Å². The molecule has 3 atom stereocenters. The largest absolute Gasteiger partial charge is 0.381 e. The number of hydrogen-bond donors (Lipinski definition) is 0. The van der Waals surface area contributed by atoms with Crippen LogP contribution < -0.4 is 0 Å². The first-order valence-electron chi connectivity index (χ1n) is 9.84. The van der Waals surface area contributed by atoms with Gasteiger partial charge in [0, 0.05) is 63.6 Å². The number of amides is 2. The highest BCUT2D eigenvalue weighted by Gasteiger charge is 2.48. The molecule has 0 saturated carbocycles. The Kier molecular flexibility index (Phi) is 4.98. The van der Waals surface area contributed by atoms with Crippen molar-refractivity contribution < 1.29 is 14.3 Å². The molecule has 3 heterocycles. The molecule has 26 heavy (non-hydrogen) atoms. The lowest BCUT2D eigenvalue weighted by Crippen LogP contribution is -2.50. The van der Waals surface area contributed by atoms with Gasteiger partial charge in [-0.2, -0.15) is 0 Å². The van der Waals surface area contributed by atoms with Gasteiger partial charge in [0.15, 0.2) is 0 Å². The van der Waals surface area contributed by atoms with Crippen molar-refractivity contribution >= 4 is 11.8 Å². The van der Waals surface area contributed by atoms with Crippen molar-refractivity contribution in [1.82, 2.24) is 9.80 Å². The van der Waals surface area contributed by atoms with Crippen LogP contribution in [0.2, 0.25) is 0 Å². The second-order valence-electron chi connectivity index (χ2n) is 7.88. The van der Waals surface area contributed by atoms with Crippen molar-refractivity contribution in [2.75, 3.05) is 32.8 Å². The number of carbonyl (C=O) groups excluding carboxylic acids is 2. The molecule has 3 aliphatic rings. The van der Waals surface area contributed by atoms with Crippen LogP contribution in [0.3, 0.4) is 0 Å². The number of nitrogens with zero attached hydrogens (tertiary/aromatic N) is 2. The van der Waals surface area contributed by atoms with E-state index in [0.29, 0.717) is 31.0 Å². The summed E-state index contributed by atoms with van der Waals surface area (Å²) in [6.07, 6.45) is 2.56. The minimum atomic E-state index is 0.102. The Morgan fingerprint density at radius 2 is 1.77 bits per heavy atom. The van der Waals surface area contributed by atoms with Gasteiger partial charge < -0.3 is 14.5 Å². The first-order valence-corrected chi connectivity index (χ1v) is 9.84. The van der Waals surface area contributed by atoms with Crippen LogP contribution in [-0.4, -0.2) is 60.5 Å². The van der Waals surface area contributed by atoms with Crippen molar-refractivity contribution in [2.45, 2.75) is 38.1 Å². The van der Waals surface area contributed by atoms with Crippen LogP contribution in [-0.2, 0) is 14.3 Å². The number of carbonyl (C=O) groups is 2. The molecule has 3 fully saturated rings. The van der Waals surface area contributed by atoms with Crippen LogP contribution in [0.5, 0.6) is 0 Å². The molecule has 0 radical (unpaired) electrons. The van der Waals surface area contributed by atoms with E-state index in [-0.39, 0.29) is 17.9 Å². The number of hydrogen-bond acceptors (Lipinski definition) is 3. The Labute approximate surface area is 155 Å². The van der Waals surface area contributed by atoms with Gasteiger partial charge in [0.1, 0.15) is 0 Å². The van der Waals surface area contributed by atoms with Crippen LogP contribution >= 0.6 is 0 Å². The lowest BCUT2D eigenvalue weighted by molar-refractivity contribution is -0.141. The van der Waals surface area contributed by atoms with Crippen LogP contribution in [0.4, 0.5) is 0 Å². The normalized spacial score (nSPS) is 29.5. The summed E-state index contributed by atoms with van der Waals surface area (Å²) in [5, 5.41) is 0. The number of benzene rings is 1. The van der Waals surface area contributed by atoms with E-state index in [1.54, 1.807) is 6.92 Å². The van der Waals surface area contributed by atoms with Crippen LogP contribution in [0.15, 0.2) is 30.3 Å². The first-order chi connectivity index (χ1) is 12.6. The fraction of sp³-hybridized carbons (Fsp3) is 0.619. The van der Waals surface area contributed by atoms with E-state index < -0.39 is 0 Å². The molecule has 0 aliphatic carbocycles. The van der Waals surface area contributed by atoms with E-state index in [1.807, 2.05) is 11.0 Å². The summed E-state index contributed by atoms with van der Waals surface area (Å²) in [6, 6.07) is 10.8. The fourth-order valence-corrected chi connectivity index (χ4v) is 5.01. The number of rotatable bonds is 2. The van der Waals surface area contributed by atoms with Crippen LogP contribution in [0, 0.1) is 11.8 Å². The maximum atomic E-state index is 13.2. The molecule has 1 aromatic rings. The minimum absolute atomic E-state index is 0.102. The standard InChI is InChI=1S/C21H28N2O3/c1-15(24)22-10-7-20-19(13-22)18(16-5-3-2-4-6-16)14-23(20)21(25)17-8-11-26-12-9-17/h2-6,17-20H,7-14H2,1H3/t18-,19-,20-/m1/s1. The molecule has 0 unspecified atom stereocenters. The van der Waals surface area contributed by atoms with Crippen molar-refractivity contribution in [2.24, 2.45) is 11.8 Å². The first kappa shape index (κ1) is 17.5. The highest BCUT2D eigenvalue weighted by atomic mass is 16.5. The Hall–Kier alpha value is -1.88. The van der Waals surface area contributed by atoms with E-state index in [0.717, 1.165) is 38.9 Å². The lowest BCUT2D eigenvalue weighted by atomic mass is 9.81. The maximum absolute atomic E-state index is 13.2. The van der Waals surface area contributed by atoms with E-state index in [2.05, 4.69) is 29.2 Å². The molecule has 5 nitrogen and oxygen atoms in total. The van der Waals surface area contributed by atoms with Crippen molar-refractivity contribution in [3.05, 3.63) is 35.9 Å². The summed E-state index contributed by atoms with van der Waals surface area (Å²) < 4.78 is 5.44. The third-order valence-electron chi connectivity index (χ3n) is 6.46. The van der Waals surface area contributed by atoms with Gasteiger partial charge in [-0.05, 0) is 24.8 Å². The van der Waals surface area contributed by atoms with Gasteiger partial charge in [-0.3, -0.25) is 9.59 Å². The maximum Gasteiger partial charge on any atom is 0.226 e. The zero-order chi connectivity index (χ0) is 18.1. The molecule has 2 amide bonds. The van der Waals surface area contributed by atoms with E-state index in [9.17, 15) is 9.59 Å². The van der Waals surface area contributed by atoms with Gasteiger partial charge in [0.05, 0.1) is 0 Å². The summed E-state index contributed by atoms with van der Waals surface area (Å²) in [6.45, 7) is 5.34. The molecule has 5 heteroatoms. The number of fused-ring (bicyclic) bond motifs is 1. The summed E-state index contributed by atoms with van der Waals surface area (Å²) in [4.78, 5) is 29.3. The molecule has 0 bridgehead atoms. The SMILES string of the molecule is CC(=O)N1CC[C@@H]2[C@H](C1)[C@@H](c1ccccc1)CN2C(=O)C1CCOCC1. The molecule has 3 saturated heterocycles. The number of likely N-dealkylation sites (tertiary alicyclic amines) is 2. The third kappa shape index (κ3) is 3.25.